The minimum absolute atomic E-state index is 0.0251. The fourth-order valence-electron chi connectivity index (χ4n) is 4.40. The van der Waals surface area contributed by atoms with Gasteiger partial charge in [-0.1, -0.05) is 50.6 Å². The number of nitrogens with zero attached hydrogens (tertiary/aromatic N) is 1. The molecule has 0 atom stereocenters. The lowest BCUT2D eigenvalue weighted by Crippen LogP contribution is -2.27. The summed E-state index contributed by atoms with van der Waals surface area (Å²) in [6.07, 6.45) is 1.67. The molecule has 0 N–H and O–H groups in total. The molecule has 220 valence electrons. The molecule has 2 heterocycles. The lowest BCUT2D eigenvalue weighted by Gasteiger charge is -2.19. The maximum Gasteiger partial charge on any atom is 0.293 e. The van der Waals surface area contributed by atoms with Gasteiger partial charge in [-0.25, -0.2) is 0 Å². The molecular formula is C32H32ClNO7S. The van der Waals surface area contributed by atoms with E-state index in [1.165, 1.54) is 5.56 Å². The van der Waals surface area contributed by atoms with Crippen molar-refractivity contribution in [2.45, 2.75) is 39.7 Å². The van der Waals surface area contributed by atoms with Gasteiger partial charge >= 0.3 is 0 Å². The second-order valence-corrected chi connectivity index (χ2v) is 12.1. The van der Waals surface area contributed by atoms with E-state index in [4.69, 9.17) is 35.3 Å². The molecule has 1 fully saturated rings. The molecule has 10 heteroatoms. The molecule has 8 nitrogen and oxygen atoms in total. The molecule has 3 aromatic rings. The molecule has 0 unspecified atom stereocenters. The third kappa shape index (κ3) is 6.79. The molecule has 0 radical (unpaired) electrons. The SMILES string of the molecule is CCOc1cc(/C=C2\SC(=O)N(Cc3cc4c(cc3Cl)OCO4)C2=O)ccc1OCCOc1ccc(C(C)(C)C)cc1. The third-order valence-corrected chi connectivity index (χ3v) is 7.90. The Balaban J connectivity index is 1.22. The van der Waals surface area contributed by atoms with E-state index in [2.05, 4.69) is 32.9 Å². The number of hydrogen-bond acceptors (Lipinski definition) is 8. The van der Waals surface area contributed by atoms with Crippen LogP contribution in [0.25, 0.3) is 6.08 Å². The Labute approximate surface area is 254 Å². The summed E-state index contributed by atoms with van der Waals surface area (Å²) in [5, 5.41) is 0.0149. The zero-order valence-corrected chi connectivity index (χ0v) is 25.5. The first-order chi connectivity index (χ1) is 20.1. The summed E-state index contributed by atoms with van der Waals surface area (Å²) in [6.45, 7) is 9.65. The molecule has 2 aliphatic rings. The first-order valence-electron chi connectivity index (χ1n) is 13.6. The van der Waals surface area contributed by atoms with Gasteiger partial charge in [0.25, 0.3) is 11.1 Å². The highest BCUT2D eigenvalue weighted by atomic mass is 35.5. The van der Waals surface area contributed by atoms with Crippen LogP contribution in [-0.4, -0.2) is 42.7 Å². The fraction of sp³-hybridized carbons (Fsp3) is 0.312. The minimum atomic E-state index is -0.398. The van der Waals surface area contributed by atoms with Crippen LogP contribution in [0.15, 0.2) is 59.5 Å². The van der Waals surface area contributed by atoms with Gasteiger partial charge in [-0.15, -0.1) is 0 Å². The van der Waals surface area contributed by atoms with Crippen molar-refractivity contribution in [2.24, 2.45) is 0 Å². The number of imide groups is 1. The number of carbonyl (C=O) groups excluding carboxylic acids is 2. The highest BCUT2D eigenvalue weighted by Gasteiger charge is 2.36. The van der Waals surface area contributed by atoms with E-state index in [-0.39, 0.29) is 24.0 Å². The Morgan fingerprint density at radius 1 is 0.929 bits per heavy atom. The van der Waals surface area contributed by atoms with Crippen molar-refractivity contribution in [2.75, 3.05) is 26.6 Å². The van der Waals surface area contributed by atoms with Crippen LogP contribution in [0.3, 0.4) is 0 Å². The van der Waals surface area contributed by atoms with Gasteiger partial charge in [0.2, 0.25) is 6.79 Å². The van der Waals surface area contributed by atoms with Crippen LogP contribution in [0, 0.1) is 0 Å². The van der Waals surface area contributed by atoms with E-state index in [1.54, 1.807) is 30.3 Å². The van der Waals surface area contributed by atoms with Crippen LogP contribution in [0.5, 0.6) is 28.7 Å². The van der Waals surface area contributed by atoms with Crippen LogP contribution >= 0.6 is 23.4 Å². The largest absolute Gasteiger partial charge is 0.490 e. The molecule has 42 heavy (non-hydrogen) atoms. The lowest BCUT2D eigenvalue weighted by molar-refractivity contribution is -0.123. The molecule has 5 rings (SSSR count). The number of fused-ring (bicyclic) bond motifs is 1. The first kappa shape index (κ1) is 29.7. The van der Waals surface area contributed by atoms with E-state index in [0.717, 1.165) is 22.4 Å². The number of halogens is 1. The average Bonchev–Trinajstić information content (AvgIpc) is 3.51. The maximum atomic E-state index is 13.2. The normalized spacial score (nSPS) is 15.5. The van der Waals surface area contributed by atoms with E-state index in [1.807, 2.05) is 25.1 Å². The van der Waals surface area contributed by atoms with Crippen LogP contribution in [-0.2, 0) is 16.8 Å². The molecule has 0 aliphatic carbocycles. The Morgan fingerprint density at radius 2 is 1.64 bits per heavy atom. The maximum absolute atomic E-state index is 13.2. The van der Waals surface area contributed by atoms with Crippen molar-refractivity contribution in [3.05, 3.63) is 81.2 Å². The number of amides is 2. The number of thioether (sulfide) groups is 1. The van der Waals surface area contributed by atoms with E-state index >= 15 is 0 Å². The molecule has 0 saturated carbocycles. The smallest absolute Gasteiger partial charge is 0.293 e. The van der Waals surface area contributed by atoms with Gasteiger partial charge in [-0.05, 0) is 77.2 Å². The van der Waals surface area contributed by atoms with Crippen LogP contribution in [0.2, 0.25) is 5.02 Å². The van der Waals surface area contributed by atoms with Crippen molar-refractivity contribution in [3.63, 3.8) is 0 Å². The molecule has 0 bridgehead atoms. The van der Waals surface area contributed by atoms with Gasteiger partial charge in [-0.3, -0.25) is 14.5 Å². The van der Waals surface area contributed by atoms with Gasteiger partial charge in [-0.2, -0.15) is 0 Å². The predicted molar refractivity (Wildman–Crippen MR) is 163 cm³/mol. The molecule has 0 spiro atoms. The topological polar surface area (TPSA) is 83.5 Å². The zero-order chi connectivity index (χ0) is 29.9. The number of hydrogen-bond donors (Lipinski definition) is 0. The molecule has 1 saturated heterocycles. The van der Waals surface area contributed by atoms with Crippen molar-refractivity contribution < 1.29 is 33.3 Å². The standard InChI is InChI=1S/C32H32ClNO7S/c1-5-37-26-14-20(6-11-25(26)39-13-12-38-23-9-7-22(8-10-23)32(2,3)4)15-29-30(35)34(31(36)42-29)18-21-16-27-28(17-24(21)33)41-19-40-27/h6-11,14-17H,5,12-13,18-19H2,1-4H3/b29-15-. The second-order valence-electron chi connectivity index (χ2n) is 10.7. The van der Waals surface area contributed by atoms with E-state index in [9.17, 15) is 9.59 Å². The van der Waals surface area contributed by atoms with Crippen LogP contribution in [0.1, 0.15) is 44.4 Å². The van der Waals surface area contributed by atoms with Crippen molar-refractivity contribution in [3.8, 4) is 28.7 Å². The highest BCUT2D eigenvalue weighted by Crippen LogP contribution is 2.40. The Morgan fingerprint density at radius 3 is 2.36 bits per heavy atom. The average molecular weight is 610 g/mol. The van der Waals surface area contributed by atoms with Gasteiger partial charge in [0, 0.05) is 11.1 Å². The third-order valence-electron chi connectivity index (χ3n) is 6.64. The zero-order valence-electron chi connectivity index (χ0n) is 23.9. The Bertz CT molecular complexity index is 1510. The molecule has 3 aromatic carbocycles. The molecular weight excluding hydrogens is 578 g/mol. The summed E-state index contributed by atoms with van der Waals surface area (Å²) >= 11 is 7.25. The van der Waals surface area contributed by atoms with Crippen LogP contribution in [0.4, 0.5) is 4.79 Å². The number of rotatable bonds is 10. The first-order valence-corrected chi connectivity index (χ1v) is 14.8. The van der Waals surface area contributed by atoms with Crippen molar-refractivity contribution in [1.82, 2.24) is 4.90 Å². The lowest BCUT2D eigenvalue weighted by atomic mass is 9.87. The summed E-state index contributed by atoms with van der Waals surface area (Å²) < 4.78 is 28.3. The van der Waals surface area contributed by atoms with E-state index < -0.39 is 5.91 Å². The quantitative estimate of drug-likeness (QED) is 0.173. The summed E-state index contributed by atoms with van der Waals surface area (Å²) in [5.74, 6) is 2.54. The molecule has 2 aliphatic heterocycles. The van der Waals surface area contributed by atoms with Crippen molar-refractivity contribution >= 4 is 40.6 Å². The number of benzene rings is 3. The Kier molecular flexibility index (Phi) is 8.89. The summed E-state index contributed by atoms with van der Waals surface area (Å²) in [7, 11) is 0. The van der Waals surface area contributed by atoms with Crippen molar-refractivity contribution in [1.29, 1.82) is 0 Å². The van der Waals surface area contributed by atoms with Gasteiger partial charge in [0.1, 0.15) is 19.0 Å². The summed E-state index contributed by atoms with van der Waals surface area (Å²) in [6, 6.07) is 16.8. The van der Waals surface area contributed by atoms with E-state index in [0.29, 0.717) is 63.9 Å². The fourth-order valence-corrected chi connectivity index (χ4v) is 5.45. The number of carbonyl (C=O) groups is 2. The monoisotopic (exact) mass is 609 g/mol. The second kappa shape index (κ2) is 12.6. The molecule has 2 amide bonds. The molecule has 0 aromatic heterocycles. The predicted octanol–water partition coefficient (Wildman–Crippen LogP) is 7.46. The van der Waals surface area contributed by atoms with Gasteiger partial charge in [0.15, 0.2) is 23.0 Å². The highest BCUT2D eigenvalue weighted by molar-refractivity contribution is 8.18. The number of ether oxygens (including phenoxy) is 5. The summed E-state index contributed by atoms with van der Waals surface area (Å²) in [4.78, 5) is 27.4. The minimum Gasteiger partial charge on any atom is -0.490 e. The van der Waals surface area contributed by atoms with Gasteiger partial charge < -0.3 is 23.7 Å². The summed E-state index contributed by atoms with van der Waals surface area (Å²) in [5.41, 5.74) is 2.62. The Hall–Kier alpha value is -3.82. The van der Waals surface area contributed by atoms with Crippen LogP contribution < -0.4 is 23.7 Å². The van der Waals surface area contributed by atoms with Gasteiger partial charge in [0.05, 0.1) is 18.1 Å².